The number of hydrogen-bond donors (Lipinski definition) is 2. The third-order valence-corrected chi connectivity index (χ3v) is 7.83. The van der Waals surface area contributed by atoms with E-state index < -0.39 is 10.8 Å². The molecule has 0 aliphatic carbocycles. The molecule has 0 bridgehead atoms. The van der Waals surface area contributed by atoms with Gasteiger partial charge in [0.25, 0.3) is 0 Å². The second-order valence-corrected chi connectivity index (χ2v) is 10.6. The van der Waals surface area contributed by atoms with Crippen molar-refractivity contribution < 1.29 is 14.4 Å². The number of aliphatic hydroxyl groups is 2. The molecule has 0 heterocycles. The zero-order valence-electron chi connectivity index (χ0n) is 18.6. The van der Waals surface area contributed by atoms with E-state index in [2.05, 4.69) is 38.1 Å². The molecule has 2 rings (SSSR count). The van der Waals surface area contributed by atoms with Crippen molar-refractivity contribution in [2.24, 2.45) is 0 Å². The number of benzene rings is 2. The normalized spacial score (nSPS) is 16.5. The van der Waals surface area contributed by atoms with Crippen LogP contribution in [0.1, 0.15) is 63.5 Å². The summed E-state index contributed by atoms with van der Waals surface area (Å²) in [5.74, 6) is 1.46. The molecule has 2 aromatic rings. The summed E-state index contributed by atoms with van der Waals surface area (Å²) < 4.78 is 12.4. The van der Waals surface area contributed by atoms with E-state index in [9.17, 15) is 14.4 Å². The summed E-state index contributed by atoms with van der Waals surface area (Å²) in [6.07, 6.45) is 5.58. The number of hydrogen-bond acceptors (Lipinski definition) is 3. The van der Waals surface area contributed by atoms with Gasteiger partial charge in [-0.3, -0.25) is 4.21 Å². The molecule has 0 radical (unpaired) electrons. The van der Waals surface area contributed by atoms with Crippen molar-refractivity contribution in [2.45, 2.75) is 63.2 Å². The van der Waals surface area contributed by atoms with E-state index in [0.717, 1.165) is 50.0 Å². The van der Waals surface area contributed by atoms with Crippen LogP contribution < -0.4 is 0 Å². The summed E-state index contributed by atoms with van der Waals surface area (Å²) in [6.45, 7) is 4.46. The Morgan fingerprint density at radius 2 is 1.03 bits per heavy atom. The van der Waals surface area contributed by atoms with Gasteiger partial charge >= 0.3 is 0 Å². The van der Waals surface area contributed by atoms with Crippen molar-refractivity contribution in [2.75, 3.05) is 24.7 Å². The minimum Gasteiger partial charge on any atom is -0.395 e. The lowest BCUT2D eigenvalue weighted by atomic mass is 9.79. The summed E-state index contributed by atoms with van der Waals surface area (Å²) in [5, 5.41) is 19.8. The molecule has 0 aliphatic heterocycles. The van der Waals surface area contributed by atoms with Crippen molar-refractivity contribution in [3.05, 3.63) is 71.8 Å². The first-order valence-corrected chi connectivity index (χ1v) is 12.6. The highest BCUT2D eigenvalue weighted by Crippen LogP contribution is 2.30. The maximum Gasteiger partial charge on any atom is 0.0525 e. The van der Waals surface area contributed by atoms with Gasteiger partial charge < -0.3 is 10.2 Å². The molecule has 0 saturated carbocycles. The summed E-state index contributed by atoms with van der Waals surface area (Å²) >= 11 is 0. The van der Waals surface area contributed by atoms with E-state index in [-0.39, 0.29) is 24.0 Å². The minimum atomic E-state index is -0.794. The molecule has 0 aliphatic rings. The largest absolute Gasteiger partial charge is 0.395 e. The number of unbranched alkanes of at least 4 members (excludes halogenated alkanes) is 2. The summed E-state index contributed by atoms with van der Waals surface area (Å²) in [5.41, 5.74) is 1.88. The van der Waals surface area contributed by atoms with Gasteiger partial charge in [0.05, 0.1) is 13.2 Å². The van der Waals surface area contributed by atoms with Crippen LogP contribution >= 0.6 is 0 Å². The Balaban J connectivity index is 1.67. The van der Waals surface area contributed by atoms with E-state index in [4.69, 9.17) is 0 Å². The lowest BCUT2D eigenvalue weighted by Crippen LogP contribution is -2.27. The van der Waals surface area contributed by atoms with Gasteiger partial charge in [0.1, 0.15) is 0 Å². The van der Waals surface area contributed by atoms with Crippen molar-refractivity contribution in [3.8, 4) is 0 Å². The predicted octanol–water partition coefficient (Wildman–Crippen LogP) is 4.98. The van der Waals surface area contributed by atoms with Gasteiger partial charge in [-0.25, -0.2) is 0 Å². The Kier molecular flexibility index (Phi) is 10.2. The van der Waals surface area contributed by atoms with Crippen LogP contribution in [0.25, 0.3) is 0 Å². The molecule has 166 valence electrons. The topological polar surface area (TPSA) is 57.5 Å². The van der Waals surface area contributed by atoms with Crippen molar-refractivity contribution >= 4 is 10.8 Å². The van der Waals surface area contributed by atoms with Gasteiger partial charge in [-0.1, -0.05) is 87.4 Å². The van der Waals surface area contributed by atoms with Crippen LogP contribution in [0.4, 0.5) is 0 Å². The molecule has 30 heavy (non-hydrogen) atoms. The SMILES string of the molecule is CC(CO)(CCCCS(=O)CCCCC(C)(CO)c1ccccc1)c1ccccc1. The van der Waals surface area contributed by atoms with E-state index in [1.54, 1.807) is 0 Å². The predicted molar refractivity (Wildman–Crippen MR) is 127 cm³/mol. The van der Waals surface area contributed by atoms with Crippen molar-refractivity contribution in [1.82, 2.24) is 0 Å². The summed E-state index contributed by atoms with van der Waals surface area (Å²) in [7, 11) is -0.794. The average Bonchev–Trinajstić information content (AvgIpc) is 2.80. The minimum absolute atomic E-state index is 0.130. The van der Waals surface area contributed by atoms with Gasteiger partial charge in [0.2, 0.25) is 0 Å². The molecule has 0 aromatic heterocycles. The Bertz CT molecular complexity index is 686. The zero-order valence-corrected chi connectivity index (χ0v) is 19.4. The summed E-state index contributed by atoms with van der Waals surface area (Å²) in [4.78, 5) is 0. The molecule has 0 spiro atoms. The monoisotopic (exact) mass is 430 g/mol. The highest BCUT2D eigenvalue weighted by molar-refractivity contribution is 7.84. The molecule has 3 nitrogen and oxygen atoms in total. The second-order valence-electron chi connectivity index (χ2n) is 8.93. The van der Waals surface area contributed by atoms with Crippen LogP contribution in [0.3, 0.4) is 0 Å². The van der Waals surface area contributed by atoms with Crippen LogP contribution in [-0.4, -0.2) is 39.1 Å². The summed E-state index contributed by atoms with van der Waals surface area (Å²) in [6, 6.07) is 20.3. The molecule has 0 fully saturated rings. The third kappa shape index (κ3) is 7.33. The Morgan fingerprint density at radius 3 is 1.37 bits per heavy atom. The van der Waals surface area contributed by atoms with E-state index >= 15 is 0 Å². The third-order valence-electron chi connectivity index (χ3n) is 6.34. The highest BCUT2D eigenvalue weighted by Gasteiger charge is 2.26. The average molecular weight is 431 g/mol. The van der Waals surface area contributed by atoms with Crippen LogP contribution in [0.15, 0.2) is 60.7 Å². The fourth-order valence-electron chi connectivity index (χ4n) is 3.97. The molecule has 0 amide bonds. The molecule has 2 aromatic carbocycles. The molecular weight excluding hydrogens is 392 g/mol. The number of aliphatic hydroxyl groups excluding tert-OH is 2. The maximum absolute atomic E-state index is 12.4. The molecular formula is C26H38O3S. The molecule has 0 saturated heterocycles. The van der Waals surface area contributed by atoms with Crippen LogP contribution in [0, 0.1) is 0 Å². The maximum atomic E-state index is 12.4. The van der Waals surface area contributed by atoms with Crippen LogP contribution in [0.2, 0.25) is 0 Å². The van der Waals surface area contributed by atoms with E-state index in [0.29, 0.717) is 0 Å². The van der Waals surface area contributed by atoms with Gasteiger partial charge in [0, 0.05) is 33.1 Å². The van der Waals surface area contributed by atoms with Crippen molar-refractivity contribution in [3.63, 3.8) is 0 Å². The lowest BCUT2D eigenvalue weighted by molar-refractivity contribution is 0.194. The lowest BCUT2D eigenvalue weighted by Gasteiger charge is -2.28. The van der Waals surface area contributed by atoms with Crippen LogP contribution in [-0.2, 0) is 21.6 Å². The second kappa shape index (κ2) is 12.4. The zero-order chi connectivity index (χ0) is 21.9. The number of rotatable bonds is 14. The van der Waals surface area contributed by atoms with Gasteiger partial charge in [-0.15, -0.1) is 0 Å². The van der Waals surface area contributed by atoms with Crippen molar-refractivity contribution in [1.29, 1.82) is 0 Å². The molecule has 4 heteroatoms. The smallest absolute Gasteiger partial charge is 0.0525 e. The van der Waals surface area contributed by atoms with Crippen LogP contribution in [0.5, 0.6) is 0 Å². The first kappa shape index (κ1) is 24.8. The van der Waals surface area contributed by atoms with Gasteiger partial charge in [-0.2, -0.15) is 0 Å². The van der Waals surface area contributed by atoms with E-state index in [1.807, 2.05) is 36.4 Å². The highest BCUT2D eigenvalue weighted by atomic mass is 32.2. The van der Waals surface area contributed by atoms with Gasteiger partial charge in [-0.05, 0) is 36.8 Å². The first-order chi connectivity index (χ1) is 14.4. The Hall–Kier alpha value is -1.49. The molecule has 2 atom stereocenters. The fourth-order valence-corrected chi connectivity index (χ4v) is 5.23. The van der Waals surface area contributed by atoms with Gasteiger partial charge in [0.15, 0.2) is 0 Å². The Morgan fingerprint density at radius 1 is 0.667 bits per heavy atom. The fraction of sp³-hybridized carbons (Fsp3) is 0.538. The molecule has 2 unspecified atom stereocenters. The quantitative estimate of drug-likeness (QED) is 0.416. The van der Waals surface area contributed by atoms with E-state index in [1.165, 1.54) is 11.1 Å². The first-order valence-electron chi connectivity index (χ1n) is 11.1. The standard InChI is InChI=1S/C26H38O3S/c1-25(21-27,23-13-5-3-6-14-23)17-9-11-19-30(29)20-12-10-18-26(2,22-28)24-15-7-4-8-16-24/h3-8,13-16,27-28H,9-12,17-22H2,1-2H3. The Labute approximate surface area is 185 Å². The molecule has 2 N–H and O–H groups in total.